The van der Waals surface area contributed by atoms with Crippen molar-refractivity contribution in [3.05, 3.63) is 29.8 Å². The molecule has 0 bridgehead atoms. The van der Waals surface area contributed by atoms with E-state index in [0.717, 1.165) is 0 Å². The van der Waals surface area contributed by atoms with Crippen LogP contribution in [0.15, 0.2) is 24.3 Å². The lowest BCUT2D eigenvalue weighted by Crippen LogP contribution is -2.40. The van der Waals surface area contributed by atoms with Crippen LogP contribution in [0.4, 0.5) is 0 Å². The van der Waals surface area contributed by atoms with Gasteiger partial charge in [-0.2, -0.15) is 0 Å². The molecule has 0 saturated heterocycles. The summed E-state index contributed by atoms with van der Waals surface area (Å²) in [6.45, 7) is 0. The average molecular weight is 236 g/mol. The molecule has 0 radical (unpaired) electrons. The third-order valence-corrected chi connectivity index (χ3v) is 3.64. The fourth-order valence-electron chi connectivity index (χ4n) is 2.57. The Morgan fingerprint density at radius 3 is 2.35 bits per heavy atom. The van der Waals surface area contributed by atoms with Gasteiger partial charge in [0.25, 0.3) is 0 Å². The number of hydrogen-bond donors (Lipinski definition) is 3. The lowest BCUT2D eigenvalue weighted by atomic mass is 9.68. The lowest BCUT2D eigenvalue weighted by Gasteiger charge is -2.35. The summed E-state index contributed by atoms with van der Waals surface area (Å²) < 4.78 is 0. The number of benzene rings is 1. The Morgan fingerprint density at radius 1 is 1.24 bits per heavy atom. The lowest BCUT2D eigenvalue weighted by molar-refractivity contribution is -0.146. The molecular formula is C13H16O4. The van der Waals surface area contributed by atoms with Crippen LogP contribution in [0.1, 0.15) is 31.2 Å². The molecule has 3 N–H and O–H groups in total. The average Bonchev–Trinajstić information content (AvgIpc) is 2.31. The van der Waals surface area contributed by atoms with Crippen LogP contribution < -0.4 is 0 Å². The Labute approximate surface area is 99.5 Å². The van der Waals surface area contributed by atoms with E-state index in [-0.39, 0.29) is 5.75 Å². The molecule has 4 heteroatoms. The molecule has 1 saturated carbocycles. The van der Waals surface area contributed by atoms with E-state index in [4.69, 9.17) is 0 Å². The minimum Gasteiger partial charge on any atom is -0.508 e. The van der Waals surface area contributed by atoms with E-state index in [1.807, 2.05) is 0 Å². The summed E-state index contributed by atoms with van der Waals surface area (Å²) in [7, 11) is 0. The molecule has 0 aliphatic heterocycles. The fraction of sp³-hybridized carbons (Fsp3) is 0.462. The number of carboxylic acids is 1. The summed E-state index contributed by atoms with van der Waals surface area (Å²) in [4.78, 5) is 11.5. The van der Waals surface area contributed by atoms with E-state index < -0.39 is 17.5 Å². The zero-order chi connectivity index (χ0) is 12.5. The van der Waals surface area contributed by atoms with Gasteiger partial charge in [-0.15, -0.1) is 0 Å². The third-order valence-electron chi connectivity index (χ3n) is 3.64. The first-order valence-corrected chi connectivity index (χ1v) is 5.76. The Bertz CT molecular complexity index is 419. The van der Waals surface area contributed by atoms with Gasteiger partial charge in [0.2, 0.25) is 0 Å². The number of para-hydroxylation sites is 1. The van der Waals surface area contributed by atoms with Crippen molar-refractivity contribution in [3.8, 4) is 5.75 Å². The molecule has 0 amide bonds. The zero-order valence-corrected chi connectivity index (χ0v) is 9.47. The summed E-state index contributed by atoms with van der Waals surface area (Å²) in [6, 6.07) is 6.56. The van der Waals surface area contributed by atoms with Gasteiger partial charge in [-0.3, -0.25) is 4.79 Å². The molecular weight excluding hydrogens is 220 g/mol. The second-order valence-corrected chi connectivity index (χ2v) is 4.64. The first-order valence-electron chi connectivity index (χ1n) is 5.76. The topological polar surface area (TPSA) is 77.8 Å². The molecule has 0 spiro atoms. The highest BCUT2D eigenvalue weighted by molar-refractivity contribution is 5.82. The number of carbonyl (C=O) groups is 1. The number of carboxylic acid groups (broad SMARTS) is 1. The summed E-state index contributed by atoms with van der Waals surface area (Å²) in [5.41, 5.74) is -0.593. The second-order valence-electron chi connectivity index (χ2n) is 4.64. The molecule has 1 aliphatic carbocycles. The number of aliphatic hydroxyl groups is 1. The van der Waals surface area contributed by atoms with Crippen LogP contribution in [0.2, 0.25) is 0 Å². The molecule has 0 heterocycles. The van der Waals surface area contributed by atoms with E-state index in [0.29, 0.717) is 31.2 Å². The molecule has 0 unspecified atom stereocenters. The number of aliphatic hydroxyl groups excluding tert-OH is 1. The van der Waals surface area contributed by atoms with Crippen LogP contribution in [0.3, 0.4) is 0 Å². The van der Waals surface area contributed by atoms with Gasteiger partial charge in [-0.05, 0) is 31.7 Å². The Morgan fingerprint density at radius 2 is 1.82 bits per heavy atom. The van der Waals surface area contributed by atoms with Crippen molar-refractivity contribution >= 4 is 5.97 Å². The van der Waals surface area contributed by atoms with Gasteiger partial charge in [0.05, 0.1) is 11.5 Å². The second kappa shape index (κ2) is 4.37. The van der Waals surface area contributed by atoms with E-state index >= 15 is 0 Å². The Balaban J connectivity index is 2.42. The van der Waals surface area contributed by atoms with Crippen LogP contribution in [0.25, 0.3) is 0 Å². The van der Waals surface area contributed by atoms with Gasteiger partial charge < -0.3 is 15.3 Å². The maximum atomic E-state index is 11.5. The summed E-state index contributed by atoms with van der Waals surface area (Å²) in [6.07, 6.45) is 1.22. The van der Waals surface area contributed by atoms with Crippen molar-refractivity contribution in [2.75, 3.05) is 0 Å². The summed E-state index contributed by atoms with van der Waals surface area (Å²) in [5, 5.41) is 28.8. The van der Waals surface area contributed by atoms with Crippen molar-refractivity contribution in [2.24, 2.45) is 0 Å². The minimum absolute atomic E-state index is 0.0197. The van der Waals surface area contributed by atoms with Crippen molar-refractivity contribution in [1.29, 1.82) is 0 Å². The standard InChI is InChI=1S/C13H16O4/c14-9-5-7-13(8-6-9,12(16)17)10-3-1-2-4-11(10)15/h1-4,9,14-15H,5-8H2,(H,16,17). The normalized spacial score (nSPS) is 28.9. The zero-order valence-electron chi connectivity index (χ0n) is 9.47. The van der Waals surface area contributed by atoms with Crippen molar-refractivity contribution < 1.29 is 20.1 Å². The van der Waals surface area contributed by atoms with Gasteiger partial charge in [0.15, 0.2) is 0 Å². The number of rotatable bonds is 2. The fourth-order valence-corrected chi connectivity index (χ4v) is 2.57. The quantitative estimate of drug-likeness (QED) is 0.729. The number of aromatic hydroxyl groups is 1. The molecule has 1 aliphatic rings. The first-order chi connectivity index (χ1) is 8.06. The highest BCUT2D eigenvalue weighted by Crippen LogP contribution is 2.43. The van der Waals surface area contributed by atoms with Gasteiger partial charge in [-0.1, -0.05) is 18.2 Å². The molecule has 1 aromatic carbocycles. The smallest absolute Gasteiger partial charge is 0.314 e. The van der Waals surface area contributed by atoms with Gasteiger partial charge in [-0.25, -0.2) is 0 Å². The molecule has 1 fully saturated rings. The van der Waals surface area contributed by atoms with Crippen LogP contribution in [-0.2, 0) is 10.2 Å². The predicted molar refractivity (Wildman–Crippen MR) is 61.9 cm³/mol. The largest absolute Gasteiger partial charge is 0.508 e. The van der Waals surface area contributed by atoms with Gasteiger partial charge in [0, 0.05) is 5.56 Å². The maximum Gasteiger partial charge on any atom is 0.314 e. The Kier molecular flexibility index (Phi) is 3.07. The molecule has 0 atom stereocenters. The van der Waals surface area contributed by atoms with Crippen LogP contribution in [-0.4, -0.2) is 27.4 Å². The van der Waals surface area contributed by atoms with E-state index in [2.05, 4.69) is 0 Å². The third kappa shape index (κ3) is 2.00. The van der Waals surface area contributed by atoms with Crippen molar-refractivity contribution in [1.82, 2.24) is 0 Å². The molecule has 0 aromatic heterocycles. The van der Waals surface area contributed by atoms with Crippen molar-refractivity contribution in [3.63, 3.8) is 0 Å². The number of phenolic OH excluding ortho intramolecular Hbond substituents is 1. The summed E-state index contributed by atoms with van der Waals surface area (Å²) >= 11 is 0. The predicted octanol–water partition coefficient (Wildman–Crippen LogP) is 1.65. The molecule has 92 valence electrons. The van der Waals surface area contributed by atoms with E-state index in [1.54, 1.807) is 18.2 Å². The minimum atomic E-state index is -1.05. The van der Waals surface area contributed by atoms with Gasteiger partial charge >= 0.3 is 5.97 Å². The Hall–Kier alpha value is -1.55. The maximum absolute atomic E-state index is 11.5. The summed E-state index contributed by atoms with van der Waals surface area (Å²) in [5.74, 6) is -0.905. The molecule has 1 aromatic rings. The van der Waals surface area contributed by atoms with Crippen LogP contribution >= 0.6 is 0 Å². The molecule has 17 heavy (non-hydrogen) atoms. The van der Waals surface area contributed by atoms with E-state index in [1.165, 1.54) is 6.07 Å². The SMILES string of the molecule is O=C(O)C1(c2ccccc2O)CCC(O)CC1. The molecule has 4 nitrogen and oxygen atoms in total. The van der Waals surface area contributed by atoms with Gasteiger partial charge in [0.1, 0.15) is 5.75 Å². The van der Waals surface area contributed by atoms with Crippen LogP contribution in [0, 0.1) is 0 Å². The van der Waals surface area contributed by atoms with Crippen molar-refractivity contribution in [2.45, 2.75) is 37.2 Å². The van der Waals surface area contributed by atoms with Crippen LogP contribution in [0.5, 0.6) is 5.75 Å². The van der Waals surface area contributed by atoms with E-state index in [9.17, 15) is 20.1 Å². The monoisotopic (exact) mass is 236 g/mol. The number of aliphatic carboxylic acids is 1. The highest BCUT2D eigenvalue weighted by atomic mass is 16.4. The first kappa shape index (κ1) is 11.9. The highest BCUT2D eigenvalue weighted by Gasteiger charge is 2.44. The number of hydrogen-bond acceptors (Lipinski definition) is 3. The number of phenols is 1. The molecule has 2 rings (SSSR count).